The first-order valence-corrected chi connectivity index (χ1v) is 10.4. The van der Waals surface area contributed by atoms with Crippen molar-refractivity contribution >= 4 is 21.8 Å². The molecule has 1 fully saturated rings. The third-order valence-electron chi connectivity index (χ3n) is 4.51. The number of likely N-dealkylation sites (tertiary alicyclic amines) is 1. The van der Waals surface area contributed by atoms with Gasteiger partial charge < -0.3 is 10.2 Å². The third kappa shape index (κ3) is 5.04. The van der Waals surface area contributed by atoms with Crippen molar-refractivity contribution in [2.75, 3.05) is 19.6 Å². The number of benzene rings is 1. The summed E-state index contributed by atoms with van der Waals surface area (Å²) in [6, 6.07) is 6.79. The lowest BCUT2D eigenvalue weighted by atomic mass is 10.1. The number of nitrogens with one attached hydrogen (secondary N) is 2. The molecule has 26 heavy (non-hydrogen) atoms. The van der Waals surface area contributed by atoms with Crippen LogP contribution < -0.4 is 10.0 Å². The van der Waals surface area contributed by atoms with E-state index in [-0.39, 0.29) is 48.2 Å². The molecule has 1 aromatic rings. The molecule has 0 aliphatic carbocycles. The minimum atomic E-state index is -3.59. The molecule has 0 aromatic heterocycles. The fourth-order valence-electron chi connectivity index (χ4n) is 2.91. The second kappa shape index (κ2) is 8.64. The van der Waals surface area contributed by atoms with Crippen molar-refractivity contribution in [3.63, 3.8) is 0 Å². The van der Waals surface area contributed by atoms with E-state index in [0.29, 0.717) is 6.54 Å². The first-order chi connectivity index (χ1) is 12.2. The molecule has 144 valence electrons. The van der Waals surface area contributed by atoms with E-state index in [9.17, 15) is 18.0 Å². The van der Waals surface area contributed by atoms with Crippen molar-refractivity contribution in [3.05, 3.63) is 29.8 Å². The van der Waals surface area contributed by atoms with E-state index in [1.165, 1.54) is 0 Å². The average molecular weight is 381 g/mol. The summed E-state index contributed by atoms with van der Waals surface area (Å²) < 4.78 is 26.9. The summed E-state index contributed by atoms with van der Waals surface area (Å²) in [7, 11) is -3.59. The Labute approximate surface area is 155 Å². The van der Waals surface area contributed by atoms with E-state index in [4.69, 9.17) is 0 Å². The number of sulfonamides is 1. The van der Waals surface area contributed by atoms with Crippen molar-refractivity contribution in [2.24, 2.45) is 5.92 Å². The van der Waals surface area contributed by atoms with Crippen LogP contribution in [0.25, 0.3) is 0 Å². The minimum absolute atomic E-state index is 0.0172. The molecule has 2 N–H and O–H groups in total. The molecule has 1 aromatic carbocycles. The van der Waals surface area contributed by atoms with Gasteiger partial charge in [0.15, 0.2) is 0 Å². The van der Waals surface area contributed by atoms with Gasteiger partial charge in [-0.3, -0.25) is 9.59 Å². The largest absolute Gasteiger partial charge is 0.354 e. The lowest BCUT2D eigenvalue weighted by molar-refractivity contribution is -0.129. The van der Waals surface area contributed by atoms with Crippen LogP contribution in [-0.2, 0) is 26.0 Å². The quantitative estimate of drug-likeness (QED) is 0.654. The summed E-state index contributed by atoms with van der Waals surface area (Å²) in [5, 5.41) is 2.70. The number of rotatable bonds is 8. The molecular weight excluding hydrogens is 354 g/mol. The van der Waals surface area contributed by atoms with E-state index >= 15 is 0 Å². The first kappa shape index (κ1) is 20.4. The van der Waals surface area contributed by atoms with Crippen LogP contribution in [-0.4, -0.2) is 50.8 Å². The maximum atomic E-state index is 12.2. The zero-order valence-electron chi connectivity index (χ0n) is 15.5. The molecule has 1 unspecified atom stereocenters. The molecule has 1 heterocycles. The molecule has 0 spiro atoms. The second-order valence-corrected chi connectivity index (χ2v) is 8.49. The maximum Gasteiger partial charge on any atom is 0.240 e. The Bertz CT molecular complexity index is 744. The summed E-state index contributed by atoms with van der Waals surface area (Å²) in [5.41, 5.74) is 1.07. The van der Waals surface area contributed by atoms with E-state index in [1.807, 2.05) is 20.8 Å². The predicted molar refractivity (Wildman–Crippen MR) is 99.0 cm³/mol. The van der Waals surface area contributed by atoms with Gasteiger partial charge in [-0.1, -0.05) is 19.1 Å². The van der Waals surface area contributed by atoms with Crippen LogP contribution in [0.3, 0.4) is 0 Å². The summed E-state index contributed by atoms with van der Waals surface area (Å²) in [6.07, 6.45) is 1.05. The van der Waals surface area contributed by atoms with Crippen molar-refractivity contribution in [1.29, 1.82) is 0 Å². The summed E-state index contributed by atoms with van der Waals surface area (Å²) in [6.45, 7) is 6.52. The molecule has 1 aliphatic rings. The van der Waals surface area contributed by atoms with Crippen LogP contribution in [0.4, 0.5) is 0 Å². The van der Waals surface area contributed by atoms with Gasteiger partial charge in [0.05, 0.1) is 10.8 Å². The highest BCUT2D eigenvalue weighted by molar-refractivity contribution is 7.89. The highest BCUT2D eigenvalue weighted by Gasteiger charge is 2.35. The topological polar surface area (TPSA) is 95.6 Å². The third-order valence-corrected chi connectivity index (χ3v) is 5.99. The smallest absolute Gasteiger partial charge is 0.240 e. The predicted octanol–water partition coefficient (Wildman–Crippen LogP) is 0.900. The van der Waals surface area contributed by atoms with Gasteiger partial charge in [0.2, 0.25) is 21.8 Å². The Hall–Kier alpha value is -1.93. The molecule has 2 amide bonds. The van der Waals surface area contributed by atoms with Crippen LogP contribution in [0.1, 0.15) is 32.8 Å². The normalized spacial score (nSPS) is 17.8. The number of nitrogens with zero attached hydrogens (tertiary/aromatic N) is 1. The Morgan fingerprint density at radius 2 is 1.88 bits per heavy atom. The van der Waals surface area contributed by atoms with Gasteiger partial charge in [-0.2, -0.15) is 0 Å². The van der Waals surface area contributed by atoms with Gasteiger partial charge in [0.25, 0.3) is 0 Å². The number of hydrogen-bond donors (Lipinski definition) is 2. The van der Waals surface area contributed by atoms with Crippen molar-refractivity contribution in [1.82, 2.24) is 14.9 Å². The van der Waals surface area contributed by atoms with Crippen LogP contribution >= 0.6 is 0 Å². The summed E-state index contributed by atoms with van der Waals surface area (Å²) in [5.74, 6) is -0.604. The number of amides is 2. The molecule has 0 bridgehead atoms. The lowest BCUT2D eigenvalue weighted by Crippen LogP contribution is -2.39. The monoisotopic (exact) mass is 381 g/mol. The van der Waals surface area contributed by atoms with E-state index in [1.54, 1.807) is 29.2 Å². The SMILES string of the molecule is CCc1ccc(S(=O)(=O)NCCNC(=O)C2CC(=O)N(C(C)C)C2)cc1. The number of hydrogen-bond acceptors (Lipinski definition) is 4. The first-order valence-electron chi connectivity index (χ1n) is 8.90. The van der Waals surface area contributed by atoms with Crippen molar-refractivity contribution in [3.8, 4) is 0 Å². The maximum absolute atomic E-state index is 12.2. The van der Waals surface area contributed by atoms with Crippen molar-refractivity contribution in [2.45, 2.75) is 44.6 Å². The Morgan fingerprint density at radius 3 is 2.42 bits per heavy atom. The molecule has 8 heteroatoms. The van der Waals surface area contributed by atoms with Gasteiger partial charge in [-0.25, -0.2) is 13.1 Å². The number of carbonyl (C=O) groups is 2. The molecular formula is C18H27N3O4S. The molecule has 1 atom stereocenters. The van der Waals surface area contributed by atoms with Gasteiger partial charge >= 0.3 is 0 Å². The fraction of sp³-hybridized carbons (Fsp3) is 0.556. The minimum Gasteiger partial charge on any atom is -0.354 e. The highest BCUT2D eigenvalue weighted by atomic mass is 32.2. The van der Waals surface area contributed by atoms with E-state index < -0.39 is 10.0 Å². The van der Waals surface area contributed by atoms with Crippen LogP contribution in [0.5, 0.6) is 0 Å². The Kier molecular flexibility index (Phi) is 6.77. The van der Waals surface area contributed by atoms with E-state index in [0.717, 1.165) is 12.0 Å². The van der Waals surface area contributed by atoms with Crippen molar-refractivity contribution < 1.29 is 18.0 Å². The van der Waals surface area contributed by atoms with Crippen LogP contribution in [0.15, 0.2) is 29.2 Å². The highest BCUT2D eigenvalue weighted by Crippen LogP contribution is 2.20. The number of carbonyl (C=O) groups excluding carboxylic acids is 2. The lowest BCUT2D eigenvalue weighted by Gasteiger charge is -2.20. The second-order valence-electron chi connectivity index (χ2n) is 6.73. The number of aryl methyl sites for hydroxylation is 1. The Morgan fingerprint density at radius 1 is 1.23 bits per heavy atom. The van der Waals surface area contributed by atoms with Crippen LogP contribution in [0, 0.1) is 5.92 Å². The van der Waals surface area contributed by atoms with Gasteiger partial charge in [0, 0.05) is 32.1 Å². The molecule has 7 nitrogen and oxygen atoms in total. The summed E-state index contributed by atoms with van der Waals surface area (Å²) in [4.78, 5) is 25.9. The molecule has 1 aliphatic heterocycles. The molecule has 2 rings (SSSR count). The average Bonchev–Trinajstić information content (AvgIpc) is 3.01. The zero-order chi connectivity index (χ0) is 19.3. The standard InChI is InChI=1S/C18H27N3O4S/c1-4-14-5-7-16(8-6-14)26(24,25)20-10-9-19-18(23)15-11-17(22)21(12-15)13(2)3/h5-8,13,15,20H,4,9-12H2,1-3H3,(H,19,23). The molecule has 1 saturated heterocycles. The molecule has 0 saturated carbocycles. The van der Waals surface area contributed by atoms with Crippen LogP contribution in [0.2, 0.25) is 0 Å². The molecule has 0 radical (unpaired) electrons. The fourth-order valence-corrected chi connectivity index (χ4v) is 3.94. The summed E-state index contributed by atoms with van der Waals surface area (Å²) >= 11 is 0. The van der Waals surface area contributed by atoms with Gasteiger partial charge in [0.1, 0.15) is 0 Å². The van der Waals surface area contributed by atoms with E-state index in [2.05, 4.69) is 10.0 Å². The zero-order valence-corrected chi connectivity index (χ0v) is 16.3. The Balaban J connectivity index is 1.79. The van der Waals surface area contributed by atoms with Gasteiger partial charge in [-0.05, 0) is 38.0 Å². The van der Waals surface area contributed by atoms with Gasteiger partial charge in [-0.15, -0.1) is 0 Å².